The monoisotopic (exact) mass is 183 g/mol. The zero-order valence-corrected chi connectivity index (χ0v) is 7.69. The molecular weight excluding hydrogens is 166 g/mol. The van der Waals surface area contributed by atoms with Crippen LogP contribution in [-0.2, 0) is 0 Å². The van der Waals surface area contributed by atoms with Gasteiger partial charge in [0.1, 0.15) is 0 Å². The Morgan fingerprint density at radius 3 is 2.08 bits per heavy atom. The summed E-state index contributed by atoms with van der Waals surface area (Å²) < 4.78 is 0. The summed E-state index contributed by atoms with van der Waals surface area (Å²) in [4.78, 5) is 1.29. The average molecular weight is 183 g/mol. The van der Waals surface area contributed by atoms with Crippen molar-refractivity contribution in [1.82, 2.24) is 0 Å². The molecule has 0 saturated carbocycles. The van der Waals surface area contributed by atoms with Crippen LogP contribution >= 0.6 is 11.8 Å². The van der Waals surface area contributed by atoms with Crippen molar-refractivity contribution < 1.29 is 0 Å². The molecule has 0 aliphatic carbocycles. The van der Waals surface area contributed by atoms with Crippen LogP contribution in [0.25, 0.3) is 0 Å². The van der Waals surface area contributed by atoms with E-state index < -0.39 is 0 Å². The highest BCUT2D eigenvalue weighted by Gasteiger charge is 1.97. The molecule has 1 aromatic rings. The first-order valence-electron chi connectivity index (χ1n) is 3.63. The smallest absolute Gasteiger partial charge is 0.0266 e. The van der Waals surface area contributed by atoms with Gasteiger partial charge in [0.2, 0.25) is 0 Å². The van der Waals surface area contributed by atoms with Crippen molar-refractivity contribution in [2.45, 2.75) is 25.3 Å². The van der Waals surface area contributed by atoms with E-state index in [1.807, 2.05) is 6.92 Å². The topological polar surface area (TPSA) is 26.0 Å². The molecule has 1 rings (SSSR count). The van der Waals surface area contributed by atoms with E-state index in [4.69, 9.17) is 5.73 Å². The van der Waals surface area contributed by atoms with Crippen molar-refractivity contribution in [3.63, 3.8) is 0 Å². The largest absolute Gasteiger partial charge is 0.324 e. The molecule has 2 heteroatoms. The second-order valence-electron chi connectivity index (χ2n) is 2.56. The van der Waals surface area contributed by atoms with Gasteiger partial charge in [0.15, 0.2) is 0 Å². The third-order valence-electron chi connectivity index (χ3n) is 1.64. The van der Waals surface area contributed by atoms with E-state index in [9.17, 15) is 0 Å². The fourth-order valence-electron chi connectivity index (χ4n) is 0.907. The molecule has 12 heavy (non-hydrogen) atoms. The zero-order chi connectivity index (χ0) is 8.27. The normalized spacial score (nSPS) is 11.9. The Kier molecular flexibility index (Phi) is 5.02. The van der Waals surface area contributed by atoms with Crippen LogP contribution in [0.1, 0.15) is 26.0 Å². The van der Waals surface area contributed by atoms with Gasteiger partial charge < -0.3 is 5.73 Å². The number of thioether (sulfide) groups is 1. The SMILES string of the molecule is C.CSc1ccc(C(C)N)cc1. The Labute approximate surface area is 79.4 Å². The second kappa shape index (κ2) is 5.22. The van der Waals surface area contributed by atoms with Crippen LogP contribution in [0, 0.1) is 0 Å². The molecule has 0 amide bonds. The van der Waals surface area contributed by atoms with E-state index in [1.54, 1.807) is 11.8 Å². The molecule has 0 spiro atoms. The van der Waals surface area contributed by atoms with Crippen LogP contribution in [0.3, 0.4) is 0 Å². The molecule has 1 nitrogen and oxygen atoms in total. The van der Waals surface area contributed by atoms with Gasteiger partial charge in [-0.3, -0.25) is 0 Å². The zero-order valence-electron chi connectivity index (χ0n) is 6.87. The molecule has 2 N–H and O–H groups in total. The maximum Gasteiger partial charge on any atom is 0.0266 e. The molecule has 0 fully saturated rings. The highest BCUT2D eigenvalue weighted by molar-refractivity contribution is 7.98. The lowest BCUT2D eigenvalue weighted by molar-refractivity contribution is 0.817. The lowest BCUT2D eigenvalue weighted by atomic mass is 10.1. The molecule has 0 aromatic heterocycles. The van der Waals surface area contributed by atoms with Crippen LogP contribution in [-0.4, -0.2) is 6.26 Å². The number of benzene rings is 1. The van der Waals surface area contributed by atoms with Gasteiger partial charge in [-0.25, -0.2) is 0 Å². The Bertz CT molecular complexity index is 216. The van der Waals surface area contributed by atoms with Crippen LogP contribution in [0.2, 0.25) is 0 Å². The second-order valence-corrected chi connectivity index (χ2v) is 3.44. The first-order chi connectivity index (χ1) is 5.24. The molecular formula is C10H17NS. The molecule has 1 aromatic carbocycles. The summed E-state index contributed by atoms with van der Waals surface area (Å²) in [5.74, 6) is 0. The van der Waals surface area contributed by atoms with Crippen LogP contribution in [0.15, 0.2) is 29.2 Å². The summed E-state index contributed by atoms with van der Waals surface area (Å²) in [6.07, 6.45) is 2.07. The Morgan fingerprint density at radius 2 is 1.75 bits per heavy atom. The maximum absolute atomic E-state index is 5.70. The Hall–Kier alpha value is -0.470. The minimum atomic E-state index is 0. The minimum absolute atomic E-state index is 0. The fourth-order valence-corrected chi connectivity index (χ4v) is 1.32. The summed E-state index contributed by atoms with van der Waals surface area (Å²) in [5, 5.41) is 0. The molecule has 0 aliphatic heterocycles. The molecule has 0 aliphatic rings. The summed E-state index contributed by atoms with van der Waals surface area (Å²) in [6, 6.07) is 8.51. The molecule has 0 saturated heterocycles. The number of hydrogen-bond acceptors (Lipinski definition) is 2. The van der Waals surface area contributed by atoms with Crippen LogP contribution in [0.5, 0.6) is 0 Å². The van der Waals surface area contributed by atoms with Gasteiger partial charge in [-0.15, -0.1) is 11.8 Å². The summed E-state index contributed by atoms with van der Waals surface area (Å²) in [5.41, 5.74) is 6.90. The van der Waals surface area contributed by atoms with Crippen molar-refractivity contribution in [3.8, 4) is 0 Å². The van der Waals surface area contributed by atoms with Gasteiger partial charge in [0.25, 0.3) is 0 Å². The highest BCUT2D eigenvalue weighted by atomic mass is 32.2. The van der Waals surface area contributed by atoms with Crippen molar-refractivity contribution in [2.75, 3.05) is 6.26 Å². The quantitative estimate of drug-likeness (QED) is 0.713. The van der Waals surface area contributed by atoms with E-state index in [2.05, 4.69) is 30.5 Å². The molecule has 0 bridgehead atoms. The van der Waals surface area contributed by atoms with E-state index in [0.29, 0.717) is 0 Å². The minimum Gasteiger partial charge on any atom is -0.324 e. The molecule has 68 valence electrons. The molecule has 0 heterocycles. The van der Waals surface area contributed by atoms with Crippen LogP contribution in [0.4, 0.5) is 0 Å². The van der Waals surface area contributed by atoms with E-state index in [0.717, 1.165) is 0 Å². The van der Waals surface area contributed by atoms with Gasteiger partial charge in [0, 0.05) is 10.9 Å². The number of rotatable bonds is 2. The van der Waals surface area contributed by atoms with Crippen LogP contribution < -0.4 is 5.73 Å². The summed E-state index contributed by atoms with van der Waals surface area (Å²) in [6.45, 7) is 1.99. The standard InChI is InChI=1S/C9H13NS.CH4/c1-7(10)8-3-5-9(11-2)6-4-8;/h3-7H,10H2,1-2H3;1H4. The summed E-state index contributed by atoms with van der Waals surface area (Å²) >= 11 is 1.75. The van der Waals surface area contributed by atoms with E-state index in [1.165, 1.54) is 10.5 Å². The van der Waals surface area contributed by atoms with Crippen molar-refractivity contribution in [1.29, 1.82) is 0 Å². The van der Waals surface area contributed by atoms with Crippen molar-refractivity contribution in [3.05, 3.63) is 29.8 Å². The number of nitrogens with two attached hydrogens (primary N) is 1. The van der Waals surface area contributed by atoms with Gasteiger partial charge in [-0.1, -0.05) is 19.6 Å². The predicted molar refractivity (Wildman–Crippen MR) is 57.6 cm³/mol. The Balaban J connectivity index is 0.00000121. The predicted octanol–water partition coefficient (Wildman–Crippen LogP) is 3.06. The fraction of sp³-hybridized carbons (Fsp3) is 0.400. The molecule has 1 atom stereocenters. The average Bonchev–Trinajstić information content (AvgIpc) is 2.05. The van der Waals surface area contributed by atoms with E-state index in [-0.39, 0.29) is 13.5 Å². The van der Waals surface area contributed by atoms with Gasteiger partial charge >= 0.3 is 0 Å². The van der Waals surface area contributed by atoms with E-state index >= 15 is 0 Å². The Morgan fingerprint density at radius 1 is 1.25 bits per heavy atom. The maximum atomic E-state index is 5.70. The third kappa shape index (κ3) is 2.88. The van der Waals surface area contributed by atoms with Gasteiger partial charge in [0.05, 0.1) is 0 Å². The first kappa shape index (κ1) is 11.5. The third-order valence-corrected chi connectivity index (χ3v) is 2.39. The van der Waals surface area contributed by atoms with Crippen molar-refractivity contribution in [2.24, 2.45) is 5.73 Å². The number of hydrogen-bond donors (Lipinski definition) is 1. The highest BCUT2D eigenvalue weighted by Crippen LogP contribution is 2.17. The lowest BCUT2D eigenvalue weighted by Crippen LogP contribution is -2.04. The van der Waals surface area contributed by atoms with Gasteiger partial charge in [-0.2, -0.15) is 0 Å². The summed E-state index contributed by atoms with van der Waals surface area (Å²) in [7, 11) is 0. The first-order valence-corrected chi connectivity index (χ1v) is 4.86. The van der Waals surface area contributed by atoms with Crippen molar-refractivity contribution >= 4 is 11.8 Å². The molecule has 0 radical (unpaired) electrons. The molecule has 1 unspecified atom stereocenters. The van der Waals surface area contributed by atoms with Gasteiger partial charge in [-0.05, 0) is 30.9 Å². The lowest BCUT2D eigenvalue weighted by Gasteiger charge is -2.04.